The second-order valence-electron chi connectivity index (χ2n) is 9.55. The van der Waals surface area contributed by atoms with Gasteiger partial charge in [0.25, 0.3) is 5.91 Å². The van der Waals surface area contributed by atoms with Crippen molar-refractivity contribution in [3.05, 3.63) is 65.5 Å². The first-order valence-corrected chi connectivity index (χ1v) is 15.5. The molecule has 0 atom stereocenters. The average Bonchev–Trinajstić information content (AvgIpc) is 3.40. The average molecular weight is 571 g/mol. The molecule has 0 aromatic heterocycles. The van der Waals surface area contributed by atoms with Crippen LogP contribution in [0.2, 0.25) is 0 Å². The quantitative estimate of drug-likeness (QED) is 0.150. The third-order valence-electron chi connectivity index (χ3n) is 6.07. The van der Waals surface area contributed by atoms with E-state index >= 15 is 0 Å². The Bertz CT molecular complexity index is 1340. The fourth-order valence-corrected chi connectivity index (χ4v) is 5.33. The number of anilines is 3. The Morgan fingerprint density at radius 1 is 1.10 bits per heavy atom. The van der Waals surface area contributed by atoms with Crippen LogP contribution in [0.25, 0.3) is 0 Å². The number of allylic oxidation sites excluding steroid dienone is 1. The number of nitrogens with one attached hydrogen (secondary N) is 3. The third kappa shape index (κ3) is 8.55. The van der Waals surface area contributed by atoms with Gasteiger partial charge in [-0.1, -0.05) is 30.3 Å². The molecule has 0 spiro atoms. The van der Waals surface area contributed by atoms with Gasteiger partial charge in [0.05, 0.1) is 23.5 Å². The standard InChI is InChI=1S/C28H36ClN6O3P/c1-19(18-35-15-9-10-16-35)27(36)31-21-13-14-24(38-4)23(17-21)33-28(30-3)34-26(20(2)29)32-22-11-7-8-12-25(22)39(5,6)37/h7-8,11-14,17,32H,1,3,9-10,15-16,18H2,2,4-6H3,(H,31,36)(H,33,34)/b26-20+. The molecule has 1 saturated heterocycles. The summed E-state index contributed by atoms with van der Waals surface area (Å²) in [6.45, 7) is 15.2. The molecule has 0 radical (unpaired) electrons. The lowest BCUT2D eigenvalue weighted by molar-refractivity contribution is -0.113. The van der Waals surface area contributed by atoms with E-state index in [9.17, 15) is 9.36 Å². The van der Waals surface area contributed by atoms with E-state index < -0.39 is 7.14 Å². The van der Waals surface area contributed by atoms with Crippen LogP contribution in [0.4, 0.5) is 17.1 Å². The van der Waals surface area contributed by atoms with Crippen LogP contribution in [0, 0.1) is 0 Å². The molecule has 39 heavy (non-hydrogen) atoms. The van der Waals surface area contributed by atoms with E-state index in [1.807, 2.05) is 24.3 Å². The van der Waals surface area contributed by atoms with Crippen molar-refractivity contribution in [1.29, 1.82) is 0 Å². The second-order valence-corrected chi connectivity index (χ2v) is 13.3. The van der Waals surface area contributed by atoms with Crippen LogP contribution >= 0.6 is 18.7 Å². The lowest BCUT2D eigenvalue weighted by atomic mass is 10.2. The molecular weight excluding hydrogens is 535 g/mol. The van der Waals surface area contributed by atoms with E-state index in [0.717, 1.165) is 25.9 Å². The molecule has 1 heterocycles. The Hall–Kier alpha value is -3.39. The molecule has 3 rings (SSSR count). The zero-order chi connectivity index (χ0) is 28.6. The SMILES string of the molecule is C=N/C(=N\C(Nc1ccccc1P(C)(C)=O)=C(/C)Cl)Nc1cc(NC(=O)C(=C)CN2CCCC2)ccc1OC. The Kier molecular flexibility index (Phi) is 10.5. The lowest BCUT2D eigenvalue weighted by Gasteiger charge is -2.17. The van der Waals surface area contributed by atoms with Crippen molar-refractivity contribution in [2.24, 2.45) is 9.98 Å². The number of aliphatic imine (C=N–C) groups is 2. The van der Waals surface area contributed by atoms with Crippen LogP contribution in [0.15, 0.2) is 75.5 Å². The van der Waals surface area contributed by atoms with E-state index in [4.69, 9.17) is 16.3 Å². The highest BCUT2D eigenvalue weighted by atomic mass is 35.5. The Morgan fingerprint density at radius 3 is 2.41 bits per heavy atom. The molecule has 1 aliphatic rings. The number of likely N-dealkylation sites (tertiary alicyclic amines) is 1. The van der Waals surface area contributed by atoms with E-state index in [2.05, 4.69) is 44.1 Å². The van der Waals surface area contributed by atoms with Crippen molar-refractivity contribution >= 4 is 59.7 Å². The first-order valence-electron chi connectivity index (χ1n) is 12.5. The lowest BCUT2D eigenvalue weighted by Crippen LogP contribution is -2.27. The zero-order valence-corrected chi connectivity index (χ0v) is 24.5. The highest BCUT2D eigenvalue weighted by molar-refractivity contribution is 7.70. The van der Waals surface area contributed by atoms with Gasteiger partial charge in [-0.05, 0) is 83.2 Å². The molecule has 1 amide bonds. The van der Waals surface area contributed by atoms with Gasteiger partial charge < -0.3 is 25.3 Å². The largest absolute Gasteiger partial charge is 0.495 e. The smallest absolute Gasteiger partial charge is 0.252 e. The van der Waals surface area contributed by atoms with Crippen LogP contribution < -0.4 is 26.0 Å². The van der Waals surface area contributed by atoms with Gasteiger partial charge in [0.2, 0.25) is 5.96 Å². The van der Waals surface area contributed by atoms with Crippen molar-refractivity contribution in [3.8, 4) is 5.75 Å². The predicted molar refractivity (Wildman–Crippen MR) is 165 cm³/mol. The summed E-state index contributed by atoms with van der Waals surface area (Å²) in [7, 11) is -1.03. The fraction of sp³-hybridized carbons (Fsp3) is 0.321. The molecule has 0 unspecified atom stereocenters. The van der Waals surface area contributed by atoms with Gasteiger partial charge in [-0.25, -0.2) is 4.99 Å². The summed E-state index contributed by atoms with van der Waals surface area (Å²) in [4.78, 5) is 23.5. The Balaban J connectivity index is 1.82. The summed E-state index contributed by atoms with van der Waals surface area (Å²) < 4.78 is 18.3. The van der Waals surface area contributed by atoms with E-state index in [0.29, 0.717) is 51.1 Å². The van der Waals surface area contributed by atoms with Gasteiger partial charge in [0.15, 0.2) is 0 Å². The van der Waals surface area contributed by atoms with Crippen molar-refractivity contribution < 1.29 is 14.1 Å². The topological polar surface area (TPSA) is 107 Å². The molecule has 0 aliphatic carbocycles. The molecule has 2 aromatic carbocycles. The maximum Gasteiger partial charge on any atom is 0.252 e. The number of benzene rings is 2. The van der Waals surface area contributed by atoms with Crippen molar-refractivity contribution in [2.75, 3.05) is 56.0 Å². The molecule has 0 bridgehead atoms. The number of hydrogen-bond donors (Lipinski definition) is 3. The minimum atomic E-state index is -2.57. The molecule has 208 valence electrons. The Labute approximate surface area is 235 Å². The highest BCUT2D eigenvalue weighted by Gasteiger charge is 2.18. The number of ether oxygens (including phenoxy) is 1. The molecule has 3 N–H and O–H groups in total. The summed E-state index contributed by atoms with van der Waals surface area (Å²) in [5, 5.41) is 10.2. The zero-order valence-electron chi connectivity index (χ0n) is 22.9. The van der Waals surface area contributed by atoms with Gasteiger partial charge in [0, 0.05) is 23.1 Å². The van der Waals surface area contributed by atoms with Gasteiger partial charge in [0.1, 0.15) is 18.7 Å². The van der Waals surface area contributed by atoms with Gasteiger partial charge in [-0.3, -0.25) is 9.69 Å². The van der Waals surface area contributed by atoms with E-state index in [1.54, 1.807) is 38.5 Å². The van der Waals surface area contributed by atoms with E-state index in [-0.39, 0.29) is 11.9 Å². The summed E-state index contributed by atoms with van der Waals surface area (Å²) in [6, 6.07) is 12.5. The Morgan fingerprint density at radius 2 is 1.79 bits per heavy atom. The minimum absolute atomic E-state index is 0.131. The van der Waals surface area contributed by atoms with Crippen LogP contribution in [0.3, 0.4) is 0 Å². The maximum atomic E-state index is 12.8. The predicted octanol–water partition coefficient (Wildman–Crippen LogP) is 5.54. The summed E-state index contributed by atoms with van der Waals surface area (Å²) in [5.74, 6) is 0.689. The van der Waals surface area contributed by atoms with Crippen LogP contribution in [-0.4, -0.2) is 63.6 Å². The van der Waals surface area contributed by atoms with E-state index in [1.165, 1.54) is 7.11 Å². The minimum Gasteiger partial charge on any atom is -0.495 e. The van der Waals surface area contributed by atoms with Crippen LogP contribution in [0.1, 0.15) is 19.8 Å². The number of nitrogens with zero attached hydrogens (tertiary/aromatic N) is 3. The van der Waals surface area contributed by atoms with Gasteiger partial charge in [-0.15, -0.1) is 0 Å². The number of guanidine groups is 1. The fourth-order valence-electron chi connectivity index (χ4n) is 4.08. The molecule has 1 aliphatic heterocycles. The second kappa shape index (κ2) is 13.6. The van der Waals surface area contributed by atoms with Gasteiger partial charge >= 0.3 is 0 Å². The van der Waals surface area contributed by atoms with Crippen molar-refractivity contribution in [2.45, 2.75) is 19.8 Å². The molecule has 11 heteroatoms. The monoisotopic (exact) mass is 570 g/mol. The molecule has 1 fully saturated rings. The number of methoxy groups -OCH3 is 1. The number of rotatable bonds is 10. The first kappa shape index (κ1) is 30.2. The van der Waals surface area contributed by atoms with Crippen LogP contribution in [0.5, 0.6) is 5.75 Å². The van der Waals surface area contributed by atoms with Crippen molar-refractivity contribution in [1.82, 2.24) is 4.90 Å². The van der Waals surface area contributed by atoms with Crippen LogP contribution in [-0.2, 0) is 9.36 Å². The summed E-state index contributed by atoms with van der Waals surface area (Å²) in [6.07, 6.45) is 2.29. The number of carbonyl (C=O) groups excluding carboxylic acids is 1. The normalized spacial score (nSPS) is 14.8. The summed E-state index contributed by atoms with van der Waals surface area (Å²) in [5.41, 5.74) is 2.18. The highest BCUT2D eigenvalue weighted by Crippen LogP contribution is 2.38. The molecule has 2 aromatic rings. The first-order chi connectivity index (χ1) is 18.5. The summed E-state index contributed by atoms with van der Waals surface area (Å²) >= 11 is 6.36. The number of para-hydroxylation sites is 1. The number of amides is 1. The number of halogens is 1. The molecule has 0 saturated carbocycles. The maximum absolute atomic E-state index is 12.8. The van der Waals surface area contributed by atoms with Gasteiger partial charge in [-0.2, -0.15) is 4.99 Å². The van der Waals surface area contributed by atoms with Crippen molar-refractivity contribution in [3.63, 3.8) is 0 Å². The number of carbonyl (C=O) groups is 1. The number of hydrogen-bond acceptors (Lipinski definition) is 6. The molecule has 9 nitrogen and oxygen atoms in total. The molecular formula is C28H36ClN6O3P. The third-order valence-corrected chi connectivity index (χ3v) is 7.80.